The molecule has 0 aliphatic heterocycles. The lowest BCUT2D eigenvalue weighted by atomic mass is 9.78. The summed E-state index contributed by atoms with van der Waals surface area (Å²) < 4.78 is 0. The zero-order chi connectivity index (χ0) is 10.7. The largest absolute Gasteiger partial charge is 0.309 e. The first-order valence-corrected chi connectivity index (χ1v) is 6.91. The molecular formula is C13H21NS. The van der Waals surface area contributed by atoms with Crippen LogP contribution in [0.3, 0.4) is 0 Å². The van der Waals surface area contributed by atoms with Gasteiger partial charge in [0.15, 0.2) is 0 Å². The van der Waals surface area contributed by atoms with Crippen molar-refractivity contribution >= 4 is 11.3 Å². The van der Waals surface area contributed by atoms with Crippen molar-refractivity contribution in [1.29, 1.82) is 0 Å². The molecule has 1 fully saturated rings. The monoisotopic (exact) mass is 223 g/mol. The second-order valence-corrected chi connectivity index (χ2v) is 5.87. The smallest absolute Gasteiger partial charge is 0.0302 e. The van der Waals surface area contributed by atoms with Crippen LogP contribution in [0.5, 0.6) is 0 Å². The molecule has 0 unspecified atom stereocenters. The van der Waals surface area contributed by atoms with Gasteiger partial charge in [0.25, 0.3) is 0 Å². The third kappa shape index (κ3) is 2.82. The first-order chi connectivity index (χ1) is 7.27. The Kier molecular flexibility index (Phi) is 3.81. The van der Waals surface area contributed by atoms with E-state index in [2.05, 4.69) is 36.7 Å². The summed E-state index contributed by atoms with van der Waals surface area (Å²) in [4.78, 5) is 1.46. The Morgan fingerprint density at radius 3 is 3.00 bits per heavy atom. The average molecular weight is 223 g/mol. The summed E-state index contributed by atoms with van der Waals surface area (Å²) in [5.74, 6) is 1.72. The van der Waals surface area contributed by atoms with E-state index >= 15 is 0 Å². The molecule has 0 saturated heterocycles. The van der Waals surface area contributed by atoms with Gasteiger partial charge in [-0.3, -0.25) is 0 Å². The third-order valence-electron chi connectivity index (χ3n) is 3.83. The van der Waals surface area contributed by atoms with Gasteiger partial charge < -0.3 is 5.32 Å². The lowest BCUT2D eigenvalue weighted by Crippen LogP contribution is -2.40. The van der Waals surface area contributed by atoms with Crippen molar-refractivity contribution in [2.24, 2.45) is 11.8 Å². The molecule has 15 heavy (non-hydrogen) atoms. The predicted octanol–water partition coefficient (Wildman–Crippen LogP) is 3.66. The number of thiophene rings is 1. The predicted molar refractivity (Wildman–Crippen MR) is 67.1 cm³/mol. The minimum Gasteiger partial charge on any atom is -0.309 e. The summed E-state index contributed by atoms with van der Waals surface area (Å²) in [5.41, 5.74) is 0. The molecule has 1 aromatic heterocycles. The van der Waals surface area contributed by atoms with Gasteiger partial charge in [0.05, 0.1) is 0 Å². The first-order valence-electron chi connectivity index (χ1n) is 6.03. The Hall–Kier alpha value is -0.340. The minimum absolute atomic E-state index is 0.732. The zero-order valence-corrected chi connectivity index (χ0v) is 10.5. The van der Waals surface area contributed by atoms with Crippen molar-refractivity contribution in [3.8, 4) is 0 Å². The fraction of sp³-hybridized carbons (Fsp3) is 0.692. The Labute approximate surface area is 96.9 Å². The maximum Gasteiger partial charge on any atom is 0.0302 e. The Morgan fingerprint density at radius 2 is 2.27 bits per heavy atom. The highest BCUT2D eigenvalue weighted by molar-refractivity contribution is 7.09. The van der Waals surface area contributed by atoms with Gasteiger partial charge >= 0.3 is 0 Å². The molecule has 1 aliphatic carbocycles. The topological polar surface area (TPSA) is 12.0 Å². The molecule has 1 nitrogen and oxygen atoms in total. The van der Waals surface area contributed by atoms with Crippen molar-refractivity contribution < 1.29 is 0 Å². The van der Waals surface area contributed by atoms with E-state index in [9.17, 15) is 0 Å². The number of hydrogen-bond acceptors (Lipinski definition) is 2. The molecule has 3 atom stereocenters. The van der Waals surface area contributed by atoms with Crippen LogP contribution in [0.15, 0.2) is 17.5 Å². The van der Waals surface area contributed by atoms with Crippen LogP contribution in [0.4, 0.5) is 0 Å². The maximum absolute atomic E-state index is 3.71. The third-order valence-corrected chi connectivity index (χ3v) is 4.70. The molecule has 84 valence electrons. The van der Waals surface area contributed by atoms with Gasteiger partial charge in [0.2, 0.25) is 0 Å². The zero-order valence-electron chi connectivity index (χ0n) is 9.70. The van der Waals surface area contributed by atoms with Gasteiger partial charge in [-0.1, -0.05) is 32.8 Å². The normalized spacial score (nSPS) is 31.7. The Balaban J connectivity index is 1.83. The van der Waals surface area contributed by atoms with Gasteiger partial charge in [0, 0.05) is 17.5 Å². The van der Waals surface area contributed by atoms with E-state index < -0.39 is 0 Å². The first kappa shape index (κ1) is 11.2. The molecule has 0 amide bonds. The summed E-state index contributed by atoms with van der Waals surface area (Å²) in [5, 5.41) is 5.87. The number of rotatable bonds is 3. The van der Waals surface area contributed by atoms with Crippen molar-refractivity contribution in [2.75, 3.05) is 0 Å². The second kappa shape index (κ2) is 5.13. The van der Waals surface area contributed by atoms with Crippen LogP contribution in [0, 0.1) is 11.8 Å². The molecule has 0 bridgehead atoms. The molecular weight excluding hydrogens is 202 g/mol. The van der Waals surface area contributed by atoms with Gasteiger partial charge in [-0.25, -0.2) is 0 Å². The van der Waals surface area contributed by atoms with E-state index in [1.165, 1.54) is 24.1 Å². The van der Waals surface area contributed by atoms with E-state index in [4.69, 9.17) is 0 Å². The van der Waals surface area contributed by atoms with Gasteiger partial charge in [-0.2, -0.15) is 0 Å². The molecule has 0 radical (unpaired) electrons. The average Bonchev–Trinajstić information content (AvgIpc) is 2.73. The van der Waals surface area contributed by atoms with E-state index in [0.717, 1.165) is 24.4 Å². The molecule has 1 N–H and O–H groups in total. The highest BCUT2D eigenvalue weighted by atomic mass is 32.1. The SMILES string of the molecule is C[C@@H]1[C@@H](C)CCC[C@H]1NCc1cccs1. The fourth-order valence-corrected chi connectivity index (χ4v) is 3.17. The molecule has 2 heteroatoms. The second-order valence-electron chi connectivity index (χ2n) is 4.83. The molecule has 2 rings (SSSR count). The van der Waals surface area contributed by atoms with Crippen molar-refractivity contribution in [2.45, 2.75) is 45.7 Å². The molecule has 1 saturated carbocycles. The molecule has 0 spiro atoms. The fourth-order valence-electron chi connectivity index (χ4n) is 2.51. The lowest BCUT2D eigenvalue weighted by Gasteiger charge is -2.34. The van der Waals surface area contributed by atoms with E-state index in [1.54, 1.807) is 0 Å². The maximum atomic E-state index is 3.71. The van der Waals surface area contributed by atoms with Crippen LogP contribution in [0.2, 0.25) is 0 Å². The van der Waals surface area contributed by atoms with E-state index in [0.29, 0.717) is 0 Å². The van der Waals surface area contributed by atoms with Crippen LogP contribution in [0.1, 0.15) is 38.0 Å². The van der Waals surface area contributed by atoms with Gasteiger partial charge in [-0.15, -0.1) is 11.3 Å². The molecule has 1 aliphatic rings. The number of nitrogens with one attached hydrogen (secondary N) is 1. The summed E-state index contributed by atoms with van der Waals surface area (Å²) in [6.07, 6.45) is 4.17. The van der Waals surface area contributed by atoms with E-state index in [-0.39, 0.29) is 0 Å². The minimum atomic E-state index is 0.732. The highest BCUT2D eigenvalue weighted by Gasteiger charge is 2.26. The van der Waals surface area contributed by atoms with Crippen LogP contribution >= 0.6 is 11.3 Å². The summed E-state index contributed by atoms with van der Waals surface area (Å²) in [6.45, 7) is 5.85. The van der Waals surface area contributed by atoms with Crippen molar-refractivity contribution in [1.82, 2.24) is 5.32 Å². The quantitative estimate of drug-likeness (QED) is 0.824. The number of hydrogen-bond donors (Lipinski definition) is 1. The van der Waals surface area contributed by atoms with Crippen LogP contribution in [-0.2, 0) is 6.54 Å². The van der Waals surface area contributed by atoms with Crippen LogP contribution in [-0.4, -0.2) is 6.04 Å². The summed E-state index contributed by atoms with van der Waals surface area (Å²) >= 11 is 1.85. The molecule has 1 aromatic rings. The summed E-state index contributed by atoms with van der Waals surface area (Å²) in [6, 6.07) is 5.08. The Bertz CT molecular complexity index is 281. The molecule has 0 aromatic carbocycles. The van der Waals surface area contributed by atoms with Crippen LogP contribution < -0.4 is 5.32 Å². The van der Waals surface area contributed by atoms with E-state index in [1.807, 2.05) is 11.3 Å². The lowest BCUT2D eigenvalue weighted by molar-refractivity contribution is 0.206. The standard InChI is InChI=1S/C13H21NS/c1-10-5-3-7-13(11(10)2)14-9-12-6-4-8-15-12/h4,6,8,10-11,13-14H,3,5,7,9H2,1-2H3/t10-,11+,13+/m0/s1. The highest BCUT2D eigenvalue weighted by Crippen LogP contribution is 2.29. The van der Waals surface area contributed by atoms with Crippen molar-refractivity contribution in [3.63, 3.8) is 0 Å². The van der Waals surface area contributed by atoms with Gasteiger partial charge in [-0.05, 0) is 29.7 Å². The van der Waals surface area contributed by atoms with Gasteiger partial charge in [0.1, 0.15) is 0 Å². The summed E-state index contributed by atoms with van der Waals surface area (Å²) in [7, 11) is 0. The Morgan fingerprint density at radius 1 is 1.40 bits per heavy atom. The molecule has 1 heterocycles. The van der Waals surface area contributed by atoms with Crippen LogP contribution in [0.25, 0.3) is 0 Å². The van der Waals surface area contributed by atoms with Crippen molar-refractivity contribution in [3.05, 3.63) is 22.4 Å².